The Morgan fingerprint density at radius 1 is 1.06 bits per heavy atom. The fourth-order valence-electron chi connectivity index (χ4n) is 4.05. The highest BCUT2D eigenvalue weighted by molar-refractivity contribution is 6.30. The van der Waals surface area contributed by atoms with E-state index in [0.717, 1.165) is 40.7 Å². The zero-order valence-electron chi connectivity index (χ0n) is 17.5. The maximum Gasteiger partial charge on any atom is 0.168 e. The van der Waals surface area contributed by atoms with Gasteiger partial charge in [-0.25, -0.2) is 14.6 Å². The number of nitrogens with zero attached hydrogens (tertiary/aromatic N) is 5. The fourth-order valence-corrected chi connectivity index (χ4v) is 4.23. The first-order chi connectivity index (χ1) is 15.2. The summed E-state index contributed by atoms with van der Waals surface area (Å²) in [5.41, 5.74) is 3.92. The predicted octanol–water partition coefficient (Wildman–Crippen LogP) is 5.44. The molecule has 0 atom stereocenters. The van der Waals surface area contributed by atoms with Crippen molar-refractivity contribution >= 4 is 34.1 Å². The number of fused-ring (bicyclic) bond motifs is 1. The second-order valence-electron chi connectivity index (χ2n) is 8.28. The van der Waals surface area contributed by atoms with Crippen molar-refractivity contribution in [2.24, 2.45) is 5.92 Å². The zero-order chi connectivity index (χ0) is 21.2. The largest absolute Gasteiger partial charge is 0.340 e. The Kier molecular flexibility index (Phi) is 5.57. The Morgan fingerprint density at radius 3 is 2.65 bits per heavy atom. The Bertz CT molecular complexity index is 1180. The van der Waals surface area contributed by atoms with Crippen LogP contribution < -0.4 is 5.32 Å². The van der Waals surface area contributed by atoms with Gasteiger partial charge in [0.05, 0.1) is 17.3 Å². The van der Waals surface area contributed by atoms with E-state index in [-0.39, 0.29) is 0 Å². The summed E-state index contributed by atoms with van der Waals surface area (Å²) in [7, 11) is 0. The topological polar surface area (TPSA) is 58.9 Å². The summed E-state index contributed by atoms with van der Waals surface area (Å²) in [6, 6.07) is 16.2. The third-order valence-electron chi connectivity index (χ3n) is 5.92. The average molecular weight is 433 g/mol. The first-order valence-electron chi connectivity index (χ1n) is 10.7. The highest BCUT2D eigenvalue weighted by Crippen LogP contribution is 2.26. The molecule has 158 valence electrons. The van der Waals surface area contributed by atoms with E-state index >= 15 is 0 Å². The van der Waals surface area contributed by atoms with Crippen LogP contribution in [0.2, 0.25) is 5.02 Å². The molecule has 1 fully saturated rings. The molecule has 0 unspecified atom stereocenters. The van der Waals surface area contributed by atoms with Gasteiger partial charge in [-0.2, -0.15) is 5.10 Å². The summed E-state index contributed by atoms with van der Waals surface area (Å²) < 4.78 is 1.77. The van der Waals surface area contributed by atoms with E-state index in [4.69, 9.17) is 11.6 Å². The van der Waals surface area contributed by atoms with Gasteiger partial charge in [0.2, 0.25) is 0 Å². The van der Waals surface area contributed by atoms with Crippen molar-refractivity contribution in [2.75, 3.05) is 18.4 Å². The van der Waals surface area contributed by atoms with Crippen molar-refractivity contribution in [1.29, 1.82) is 0 Å². The number of piperidine rings is 1. The van der Waals surface area contributed by atoms with E-state index in [1.807, 2.05) is 24.3 Å². The molecule has 0 spiro atoms. The first kappa shape index (κ1) is 20.0. The molecular weight excluding hydrogens is 408 g/mol. The van der Waals surface area contributed by atoms with Crippen molar-refractivity contribution in [3.8, 4) is 5.69 Å². The van der Waals surface area contributed by atoms with Crippen LogP contribution in [0.4, 0.5) is 11.5 Å². The summed E-state index contributed by atoms with van der Waals surface area (Å²) in [6.07, 6.45) is 5.93. The standard InChI is InChI=1S/C24H25ClN6/c1-17-9-11-30(12-10-17)15-18-5-7-20(8-6-18)29-23-22-14-28-31(24(22)27-16-26-23)21-4-2-3-19(25)13-21/h2-8,13-14,16-17H,9-12,15H2,1H3,(H,26,27,29). The van der Waals surface area contributed by atoms with Crippen molar-refractivity contribution in [2.45, 2.75) is 26.3 Å². The number of hydrogen-bond donors (Lipinski definition) is 1. The lowest BCUT2D eigenvalue weighted by atomic mass is 9.99. The Hall–Kier alpha value is -2.96. The van der Waals surface area contributed by atoms with E-state index in [2.05, 4.69) is 56.5 Å². The number of benzene rings is 2. The number of anilines is 2. The number of nitrogens with one attached hydrogen (secondary N) is 1. The van der Waals surface area contributed by atoms with Crippen LogP contribution >= 0.6 is 11.6 Å². The van der Waals surface area contributed by atoms with Crippen LogP contribution in [0.3, 0.4) is 0 Å². The summed E-state index contributed by atoms with van der Waals surface area (Å²) in [5, 5.41) is 9.43. The average Bonchev–Trinajstić information content (AvgIpc) is 3.22. The highest BCUT2D eigenvalue weighted by atomic mass is 35.5. The lowest BCUT2D eigenvalue weighted by Gasteiger charge is -2.30. The Morgan fingerprint density at radius 2 is 1.87 bits per heavy atom. The van der Waals surface area contributed by atoms with Crippen molar-refractivity contribution < 1.29 is 0 Å². The molecule has 0 bridgehead atoms. The van der Waals surface area contributed by atoms with Gasteiger partial charge < -0.3 is 5.32 Å². The third-order valence-corrected chi connectivity index (χ3v) is 6.15. The van der Waals surface area contributed by atoms with Crippen LogP contribution in [0.25, 0.3) is 16.7 Å². The van der Waals surface area contributed by atoms with Crippen LogP contribution in [0, 0.1) is 5.92 Å². The fraction of sp³-hybridized carbons (Fsp3) is 0.292. The number of likely N-dealkylation sites (tertiary alicyclic amines) is 1. The van der Waals surface area contributed by atoms with Gasteiger partial charge in [-0.05, 0) is 67.7 Å². The minimum absolute atomic E-state index is 0.660. The maximum atomic E-state index is 6.14. The van der Waals surface area contributed by atoms with Gasteiger partial charge in [0.15, 0.2) is 5.65 Å². The molecule has 1 saturated heterocycles. The minimum Gasteiger partial charge on any atom is -0.340 e. The molecule has 1 N–H and O–H groups in total. The molecule has 6 nitrogen and oxygen atoms in total. The van der Waals surface area contributed by atoms with E-state index in [1.165, 1.54) is 31.5 Å². The van der Waals surface area contributed by atoms with Gasteiger partial charge in [-0.1, -0.05) is 36.7 Å². The molecule has 5 rings (SSSR count). The molecule has 2 aromatic heterocycles. The SMILES string of the molecule is CC1CCN(Cc2ccc(Nc3ncnc4c3cnn4-c3cccc(Cl)c3)cc2)CC1. The van der Waals surface area contributed by atoms with Crippen molar-refractivity contribution in [3.63, 3.8) is 0 Å². The molecule has 3 heterocycles. The zero-order valence-corrected chi connectivity index (χ0v) is 18.3. The molecule has 0 aliphatic carbocycles. The van der Waals surface area contributed by atoms with Crippen LogP contribution in [-0.4, -0.2) is 37.7 Å². The van der Waals surface area contributed by atoms with E-state index in [9.17, 15) is 0 Å². The molecule has 2 aromatic carbocycles. The number of hydrogen-bond acceptors (Lipinski definition) is 5. The number of aromatic nitrogens is 4. The van der Waals surface area contributed by atoms with Gasteiger partial charge in [0, 0.05) is 17.3 Å². The molecular formula is C24H25ClN6. The second kappa shape index (κ2) is 8.65. The van der Waals surface area contributed by atoms with Gasteiger partial charge in [0.25, 0.3) is 0 Å². The third kappa shape index (κ3) is 4.40. The van der Waals surface area contributed by atoms with E-state index < -0.39 is 0 Å². The normalized spacial score (nSPS) is 15.4. The second-order valence-corrected chi connectivity index (χ2v) is 8.71. The summed E-state index contributed by atoms with van der Waals surface area (Å²) >= 11 is 6.14. The molecule has 7 heteroatoms. The Balaban J connectivity index is 1.34. The van der Waals surface area contributed by atoms with Crippen LogP contribution in [-0.2, 0) is 6.54 Å². The van der Waals surface area contributed by atoms with Gasteiger partial charge in [-0.3, -0.25) is 4.90 Å². The smallest absolute Gasteiger partial charge is 0.168 e. The summed E-state index contributed by atoms with van der Waals surface area (Å²) in [6.45, 7) is 5.74. The lowest BCUT2D eigenvalue weighted by Crippen LogP contribution is -2.32. The van der Waals surface area contributed by atoms with Crippen LogP contribution in [0.5, 0.6) is 0 Å². The quantitative estimate of drug-likeness (QED) is 0.454. The van der Waals surface area contributed by atoms with Gasteiger partial charge in [-0.15, -0.1) is 0 Å². The highest BCUT2D eigenvalue weighted by Gasteiger charge is 2.16. The summed E-state index contributed by atoms with van der Waals surface area (Å²) in [4.78, 5) is 11.4. The molecule has 31 heavy (non-hydrogen) atoms. The molecule has 0 amide bonds. The lowest BCUT2D eigenvalue weighted by molar-refractivity contribution is 0.185. The number of rotatable bonds is 5. The monoisotopic (exact) mass is 432 g/mol. The van der Waals surface area contributed by atoms with Crippen molar-refractivity contribution in [1.82, 2.24) is 24.6 Å². The minimum atomic E-state index is 0.660. The molecule has 1 aliphatic rings. The van der Waals surface area contributed by atoms with Crippen molar-refractivity contribution in [3.05, 3.63) is 71.6 Å². The molecule has 0 saturated carbocycles. The number of halogens is 1. The van der Waals surface area contributed by atoms with Crippen LogP contribution in [0.1, 0.15) is 25.3 Å². The van der Waals surface area contributed by atoms with Crippen LogP contribution in [0.15, 0.2) is 61.1 Å². The van der Waals surface area contributed by atoms with Gasteiger partial charge >= 0.3 is 0 Å². The summed E-state index contributed by atoms with van der Waals surface area (Å²) in [5.74, 6) is 1.59. The first-order valence-corrected chi connectivity index (χ1v) is 11.1. The molecule has 4 aromatic rings. The molecule has 1 aliphatic heterocycles. The molecule has 0 radical (unpaired) electrons. The maximum absolute atomic E-state index is 6.14. The predicted molar refractivity (Wildman–Crippen MR) is 125 cm³/mol. The Labute approximate surface area is 186 Å². The van der Waals surface area contributed by atoms with Gasteiger partial charge in [0.1, 0.15) is 12.1 Å². The van der Waals surface area contributed by atoms with E-state index in [1.54, 1.807) is 17.2 Å². The van der Waals surface area contributed by atoms with E-state index in [0.29, 0.717) is 5.02 Å².